The molecule has 6 nitrogen and oxygen atoms in total. The number of hydrogen-bond acceptors (Lipinski definition) is 4. The fourth-order valence-corrected chi connectivity index (χ4v) is 3.08. The van der Waals surface area contributed by atoms with Gasteiger partial charge in [-0.2, -0.15) is 4.68 Å². The predicted molar refractivity (Wildman–Crippen MR) is 113 cm³/mol. The summed E-state index contributed by atoms with van der Waals surface area (Å²) < 4.78 is 7.51. The largest absolute Gasteiger partial charge is 0.442 e. The molecule has 1 amide bonds. The molecule has 28 heavy (non-hydrogen) atoms. The first-order valence-electron chi connectivity index (χ1n) is 8.90. The van der Waals surface area contributed by atoms with Crippen molar-refractivity contribution in [1.29, 1.82) is 0 Å². The van der Waals surface area contributed by atoms with E-state index >= 15 is 0 Å². The number of amides is 1. The second kappa shape index (κ2) is 7.75. The van der Waals surface area contributed by atoms with Crippen molar-refractivity contribution in [3.8, 4) is 0 Å². The number of fused-ring (bicyclic) bond motifs is 1. The lowest BCUT2D eigenvalue weighted by Crippen LogP contribution is -2.27. The minimum atomic E-state index is -0.656. The summed E-state index contributed by atoms with van der Waals surface area (Å²) in [6.07, 6.45) is -0.378. The Morgan fingerprint density at radius 2 is 1.86 bits per heavy atom. The van der Waals surface area contributed by atoms with Gasteiger partial charge < -0.3 is 10.1 Å². The monoisotopic (exact) mass is 443 g/mol. The molecule has 0 aliphatic heterocycles. The third kappa shape index (κ3) is 4.59. The van der Waals surface area contributed by atoms with Crippen molar-refractivity contribution in [1.82, 2.24) is 9.78 Å². The highest BCUT2D eigenvalue weighted by atomic mass is 79.9. The Morgan fingerprint density at radius 1 is 1.18 bits per heavy atom. The summed E-state index contributed by atoms with van der Waals surface area (Å²) in [4.78, 5) is 25.1. The van der Waals surface area contributed by atoms with Gasteiger partial charge in [-0.25, -0.2) is 4.79 Å². The Balaban J connectivity index is 1.96. The molecule has 0 radical (unpaired) electrons. The second-order valence-electron chi connectivity index (χ2n) is 7.57. The first-order chi connectivity index (χ1) is 13.1. The lowest BCUT2D eigenvalue weighted by Gasteiger charge is -2.19. The van der Waals surface area contributed by atoms with E-state index in [4.69, 9.17) is 4.74 Å². The number of ether oxygens (including phenoxy) is 1. The highest BCUT2D eigenvalue weighted by molar-refractivity contribution is 9.10. The van der Waals surface area contributed by atoms with Crippen molar-refractivity contribution in [3.63, 3.8) is 0 Å². The molecule has 0 aliphatic carbocycles. The molecule has 2 aromatic carbocycles. The van der Waals surface area contributed by atoms with Gasteiger partial charge in [-0.3, -0.25) is 4.79 Å². The van der Waals surface area contributed by atoms with E-state index in [0.29, 0.717) is 16.7 Å². The number of nitrogens with zero attached hydrogens (tertiary/aromatic N) is 2. The van der Waals surface area contributed by atoms with Crippen LogP contribution < -0.4 is 5.32 Å². The molecular weight excluding hydrogens is 422 g/mol. The Bertz CT molecular complexity index is 1040. The summed E-state index contributed by atoms with van der Waals surface area (Å²) in [5.74, 6) is 0.112. The Labute approximate surface area is 172 Å². The first-order valence-corrected chi connectivity index (χ1v) is 9.69. The number of hydrogen-bond donors (Lipinski definition) is 1. The number of aromatic nitrogens is 2. The molecule has 0 saturated carbocycles. The topological polar surface area (TPSA) is 73.2 Å². The first kappa shape index (κ1) is 20.1. The lowest BCUT2D eigenvalue weighted by atomic mass is 10.1. The number of rotatable bonds is 3. The van der Waals surface area contributed by atoms with Gasteiger partial charge in [-0.05, 0) is 51.0 Å². The van der Waals surface area contributed by atoms with E-state index in [1.54, 1.807) is 20.8 Å². The number of halogens is 1. The zero-order valence-electron chi connectivity index (χ0n) is 16.2. The molecule has 0 atom stereocenters. The molecule has 0 fully saturated rings. The molecule has 3 rings (SSSR count). The molecule has 0 aliphatic rings. The molecule has 146 valence electrons. The van der Waals surface area contributed by atoms with Gasteiger partial charge in [-0.15, -0.1) is 5.10 Å². The standard InChI is InChI=1S/C21H22BrN3O3/c1-13-10-17-15(12-16(13)22)19(24-25(17)20(27)28-21(2,3)4)23-18(26)11-14-8-6-5-7-9-14/h5-10,12H,11H2,1-4H3,(H,23,24,26). The van der Waals surface area contributed by atoms with Crippen LogP contribution in [-0.2, 0) is 16.0 Å². The van der Waals surface area contributed by atoms with Crippen molar-refractivity contribution in [2.75, 3.05) is 5.32 Å². The number of nitrogens with one attached hydrogen (secondary N) is 1. The van der Waals surface area contributed by atoms with Crippen LogP contribution in [0.3, 0.4) is 0 Å². The zero-order chi connectivity index (χ0) is 20.5. The average molecular weight is 444 g/mol. The molecule has 0 unspecified atom stereocenters. The molecule has 0 saturated heterocycles. The van der Waals surface area contributed by atoms with Crippen LogP contribution in [0.1, 0.15) is 31.9 Å². The summed E-state index contributed by atoms with van der Waals surface area (Å²) in [5, 5.41) is 7.80. The number of anilines is 1. The van der Waals surface area contributed by atoms with Crippen molar-refractivity contribution in [2.45, 2.75) is 39.7 Å². The maximum absolute atomic E-state index is 12.6. The average Bonchev–Trinajstić information content (AvgIpc) is 2.92. The molecule has 7 heteroatoms. The van der Waals surface area contributed by atoms with Gasteiger partial charge >= 0.3 is 6.09 Å². The van der Waals surface area contributed by atoms with Gasteiger partial charge in [0, 0.05) is 9.86 Å². The Kier molecular flexibility index (Phi) is 5.56. The second-order valence-corrected chi connectivity index (χ2v) is 8.42. The molecular formula is C21H22BrN3O3. The Morgan fingerprint density at radius 3 is 2.50 bits per heavy atom. The van der Waals surface area contributed by atoms with E-state index in [2.05, 4.69) is 26.3 Å². The molecule has 0 bridgehead atoms. The van der Waals surface area contributed by atoms with Gasteiger partial charge in [0.05, 0.1) is 11.9 Å². The predicted octanol–water partition coefficient (Wildman–Crippen LogP) is 5.07. The van der Waals surface area contributed by atoms with E-state index in [9.17, 15) is 9.59 Å². The number of benzene rings is 2. The van der Waals surface area contributed by atoms with Gasteiger partial charge in [0.25, 0.3) is 0 Å². The maximum atomic E-state index is 12.6. The molecule has 3 aromatic rings. The van der Waals surface area contributed by atoms with Gasteiger partial charge in [0.2, 0.25) is 5.91 Å². The maximum Gasteiger partial charge on any atom is 0.435 e. The fraction of sp³-hybridized carbons (Fsp3) is 0.286. The van der Waals surface area contributed by atoms with Gasteiger partial charge in [0.15, 0.2) is 5.82 Å². The van der Waals surface area contributed by atoms with Crippen molar-refractivity contribution < 1.29 is 14.3 Å². The SMILES string of the molecule is Cc1cc2c(cc1Br)c(NC(=O)Cc1ccccc1)nn2C(=O)OC(C)(C)C. The van der Waals surface area contributed by atoms with Crippen LogP contribution in [0.2, 0.25) is 0 Å². The van der Waals surface area contributed by atoms with E-state index < -0.39 is 11.7 Å². The zero-order valence-corrected chi connectivity index (χ0v) is 17.8. The third-order valence-electron chi connectivity index (χ3n) is 3.99. The minimum Gasteiger partial charge on any atom is -0.442 e. The van der Waals surface area contributed by atoms with E-state index in [1.807, 2.05) is 49.4 Å². The summed E-state index contributed by atoms with van der Waals surface area (Å²) >= 11 is 3.50. The van der Waals surface area contributed by atoms with Gasteiger partial charge in [-0.1, -0.05) is 46.3 Å². The summed E-state index contributed by atoms with van der Waals surface area (Å²) in [6.45, 7) is 7.30. The summed E-state index contributed by atoms with van der Waals surface area (Å²) in [5.41, 5.74) is 1.76. The molecule has 1 N–H and O–H groups in total. The summed E-state index contributed by atoms with van der Waals surface area (Å²) in [7, 11) is 0. The van der Waals surface area contributed by atoms with Crippen molar-refractivity contribution in [3.05, 3.63) is 58.1 Å². The van der Waals surface area contributed by atoms with Crippen LogP contribution in [0.15, 0.2) is 46.9 Å². The van der Waals surface area contributed by atoms with Gasteiger partial charge in [0.1, 0.15) is 5.60 Å². The molecule has 1 heterocycles. The van der Waals surface area contributed by atoms with Crippen molar-refractivity contribution >= 4 is 44.7 Å². The minimum absolute atomic E-state index is 0.210. The highest BCUT2D eigenvalue weighted by Crippen LogP contribution is 2.30. The van der Waals surface area contributed by atoms with Crippen LogP contribution >= 0.6 is 15.9 Å². The fourth-order valence-electron chi connectivity index (χ4n) is 2.73. The highest BCUT2D eigenvalue weighted by Gasteiger charge is 2.23. The number of carbonyl (C=O) groups is 2. The van der Waals surface area contributed by atoms with Crippen LogP contribution in [0.4, 0.5) is 10.6 Å². The van der Waals surface area contributed by atoms with Crippen LogP contribution in [0.5, 0.6) is 0 Å². The lowest BCUT2D eigenvalue weighted by molar-refractivity contribution is -0.115. The molecule has 1 aromatic heterocycles. The van der Waals surface area contributed by atoms with Crippen LogP contribution in [0.25, 0.3) is 10.9 Å². The van der Waals surface area contributed by atoms with Crippen LogP contribution in [-0.4, -0.2) is 27.4 Å². The number of carbonyl (C=O) groups excluding carboxylic acids is 2. The number of aryl methyl sites for hydroxylation is 1. The van der Waals surface area contributed by atoms with Crippen LogP contribution in [0, 0.1) is 6.92 Å². The van der Waals surface area contributed by atoms with Crippen molar-refractivity contribution in [2.24, 2.45) is 0 Å². The Hall–Kier alpha value is -2.67. The third-order valence-corrected chi connectivity index (χ3v) is 4.85. The molecule has 0 spiro atoms. The van der Waals surface area contributed by atoms with E-state index in [1.165, 1.54) is 4.68 Å². The smallest absolute Gasteiger partial charge is 0.435 e. The van der Waals surface area contributed by atoms with E-state index in [-0.39, 0.29) is 12.3 Å². The van der Waals surface area contributed by atoms with E-state index in [0.717, 1.165) is 15.6 Å². The quantitative estimate of drug-likeness (QED) is 0.612. The normalized spacial score (nSPS) is 11.5. The summed E-state index contributed by atoms with van der Waals surface area (Å²) in [6, 6.07) is 13.1.